The molecule has 1 saturated heterocycles. The van der Waals surface area contributed by atoms with E-state index < -0.39 is 0 Å². The van der Waals surface area contributed by atoms with Crippen molar-refractivity contribution in [3.63, 3.8) is 0 Å². The number of nitrogens with zero attached hydrogens (tertiary/aromatic N) is 7. The lowest BCUT2D eigenvalue weighted by atomic mass is 10.1. The van der Waals surface area contributed by atoms with E-state index in [1.807, 2.05) is 23.2 Å². The van der Waals surface area contributed by atoms with E-state index in [0.717, 1.165) is 44.2 Å². The average molecular weight is 504 g/mol. The molecule has 2 aromatic heterocycles. The Bertz CT molecular complexity index is 905. The number of hydrogen-bond donors (Lipinski definition) is 1. The molecule has 0 bridgehead atoms. The Balaban J connectivity index is 0.00000240. The molecule has 1 aliphatic rings. The SMILES string of the molecule is I.NC(=NCc1cccc(Cn2ccnc2)c1)N1CCN(c2ncccn2)CC1. The summed E-state index contributed by atoms with van der Waals surface area (Å²) in [7, 11) is 0. The molecule has 152 valence electrons. The van der Waals surface area contributed by atoms with Crippen LogP contribution in [-0.4, -0.2) is 56.6 Å². The zero-order chi connectivity index (χ0) is 19.2. The summed E-state index contributed by atoms with van der Waals surface area (Å²) < 4.78 is 2.05. The van der Waals surface area contributed by atoms with Crippen LogP contribution in [-0.2, 0) is 13.1 Å². The molecule has 1 aliphatic heterocycles. The Morgan fingerprint density at radius 1 is 1.00 bits per heavy atom. The van der Waals surface area contributed by atoms with Crippen molar-refractivity contribution in [2.75, 3.05) is 31.1 Å². The standard InChI is InChI=1S/C20H24N8.HI/c21-19(27-9-11-28(12-10-27)20-23-5-2-6-24-20)25-14-17-3-1-4-18(13-17)15-26-8-7-22-16-26;/h1-8,13,16H,9-12,14-15H2,(H2,21,25);1H. The van der Waals surface area contributed by atoms with E-state index in [1.165, 1.54) is 5.56 Å². The highest BCUT2D eigenvalue weighted by Gasteiger charge is 2.19. The summed E-state index contributed by atoms with van der Waals surface area (Å²) in [6.45, 7) is 4.67. The molecule has 1 aromatic carbocycles. The quantitative estimate of drug-likeness (QED) is 0.325. The summed E-state index contributed by atoms with van der Waals surface area (Å²) in [4.78, 5) is 21.6. The number of anilines is 1. The molecule has 9 heteroatoms. The van der Waals surface area contributed by atoms with Crippen molar-refractivity contribution in [1.82, 2.24) is 24.4 Å². The van der Waals surface area contributed by atoms with Gasteiger partial charge >= 0.3 is 0 Å². The molecule has 8 nitrogen and oxygen atoms in total. The summed E-state index contributed by atoms with van der Waals surface area (Å²) in [5, 5.41) is 0. The summed E-state index contributed by atoms with van der Waals surface area (Å²) in [5.41, 5.74) is 8.61. The van der Waals surface area contributed by atoms with Crippen molar-refractivity contribution in [3.05, 3.63) is 72.6 Å². The third-order valence-electron chi connectivity index (χ3n) is 4.78. The molecule has 0 unspecified atom stereocenters. The Kier molecular flexibility index (Phi) is 7.39. The van der Waals surface area contributed by atoms with Crippen molar-refractivity contribution in [2.45, 2.75) is 13.1 Å². The topological polar surface area (TPSA) is 88.5 Å². The fourth-order valence-electron chi connectivity index (χ4n) is 3.28. The van der Waals surface area contributed by atoms with Crippen LogP contribution < -0.4 is 10.6 Å². The Morgan fingerprint density at radius 2 is 1.76 bits per heavy atom. The molecule has 2 N–H and O–H groups in total. The van der Waals surface area contributed by atoms with Crippen LogP contribution in [0.4, 0.5) is 5.95 Å². The van der Waals surface area contributed by atoms with Gasteiger partial charge in [0.1, 0.15) is 0 Å². The second-order valence-corrected chi connectivity index (χ2v) is 6.75. The minimum atomic E-state index is 0. The van der Waals surface area contributed by atoms with Gasteiger partial charge in [0.25, 0.3) is 0 Å². The molecule has 3 heterocycles. The molecule has 0 saturated carbocycles. The molecular weight excluding hydrogens is 479 g/mol. The number of rotatable bonds is 5. The monoisotopic (exact) mass is 504 g/mol. The number of benzene rings is 1. The first-order valence-electron chi connectivity index (χ1n) is 9.38. The second-order valence-electron chi connectivity index (χ2n) is 6.75. The molecule has 0 atom stereocenters. The van der Waals surface area contributed by atoms with Gasteiger partial charge < -0.3 is 20.1 Å². The largest absolute Gasteiger partial charge is 0.370 e. The van der Waals surface area contributed by atoms with Gasteiger partial charge in [-0.3, -0.25) is 0 Å². The van der Waals surface area contributed by atoms with E-state index in [4.69, 9.17) is 5.73 Å². The molecule has 3 aromatic rings. The van der Waals surface area contributed by atoms with Gasteiger partial charge in [-0.25, -0.2) is 19.9 Å². The van der Waals surface area contributed by atoms with Crippen molar-refractivity contribution < 1.29 is 0 Å². The number of aliphatic imine (C=N–C) groups is 1. The number of guanidine groups is 1. The minimum absolute atomic E-state index is 0. The molecule has 0 spiro atoms. The third kappa shape index (κ3) is 5.66. The molecule has 0 aliphatic carbocycles. The third-order valence-corrected chi connectivity index (χ3v) is 4.78. The van der Waals surface area contributed by atoms with E-state index in [2.05, 4.69) is 54.0 Å². The number of aromatic nitrogens is 4. The maximum atomic E-state index is 6.24. The van der Waals surface area contributed by atoms with Crippen molar-refractivity contribution in [2.24, 2.45) is 10.7 Å². The first-order chi connectivity index (χ1) is 13.8. The smallest absolute Gasteiger partial charge is 0.225 e. The zero-order valence-corrected chi connectivity index (χ0v) is 18.5. The predicted octanol–water partition coefficient (Wildman–Crippen LogP) is 1.98. The van der Waals surface area contributed by atoms with E-state index >= 15 is 0 Å². The first kappa shape index (κ1) is 21.0. The lowest BCUT2D eigenvalue weighted by molar-refractivity contribution is 0.378. The van der Waals surface area contributed by atoms with Gasteiger partial charge in [0.15, 0.2) is 5.96 Å². The van der Waals surface area contributed by atoms with Crippen LogP contribution in [0, 0.1) is 0 Å². The number of hydrogen-bond acceptors (Lipinski definition) is 5. The van der Waals surface area contributed by atoms with E-state index in [0.29, 0.717) is 12.5 Å². The lowest BCUT2D eigenvalue weighted by Gasteiger charge is -2.35. The van der Waals surface area contributed by atoms with Gasteiger partial charge in [-0.1, -0.05) is 24.3 Å². The van der Waals surface area contributed by atoms with E-state index in [1.54, 1.807) is 18.6 Å². The molecule has 4 rings (SSSR count). The van der Waals surface area contributed by atoms with Gasteiger partial charge in [-0.05, 0) is 17.2 Å². The number of imidazole rings is 1. The highest BCUT2D eigenvalue weighted by Crippen LogP contribution is 2.11. The fourth-order valence-corrected chi connectivity index (χ4v) is 3.28. The summed E-state index contributed by atoms with van der Waals surface area (Å²) in [6, 6.07) is 10.3. The highest BCUT2D eigenvalue weighted by molar-refractivity contribution is 14.0. The Morgan fingerprint density at radius 3 is 2.48 bits per heavy atom. The summed E-state index contributed by atoms with van der Waals surface area (Å²) in [5.74, 6) is 1.36. The molecule has 1 fully saturated rings. The van der Waals surface area contributed by atoms with Crippen LogP contribution in [0.15, 0.2) is 66.4 Å². The second kappa shape index (κ2) is 10.2. The predicted molar refractivity (Wildman–Crippen MR) is 124 cm³/mol. The minimum Gasteiger partial charge on any atom is -0.370 e. The Hall–Kier alpha value is -2.69. The lowest BCUT2D eigenvalue weighted by Crippen LogP contribution is -2.51. The van der Waals surface area contributed by atoms with Gasteiger partial charge in [0.05, 0.1) is 12.9 Å². The van der Waals surface area contributed by atoms with Gasteiger partial charge in [-0.15, -0.1) is 24.0 Å². The van der Waals surface area contributed by atoms with Crippen LogP contribution in [0.5, 0.6) is 0 Å². The number of halogens is 1. The van der Waals surface area contributed by atoms with Gasteiger partial charge in [0, 0.05) is 57.5 Å². The van der Waals surface area contributed by atoms with E-state index in [9.17, 15) is 0 Å². The summed E-state index contributed by atoms with van der Waals surface area (Å²) >= 11 is 0. The van der Waals surface area contributed by atoms with Crippen LogP contribution in [0.25, 0.3) is 0 Å². The van der Waals surface area contributed by atoms with Crippen LogP contribution in [0.1, 0.15) is 11.1 Å². The van der Waals surface area contributed by atoms with Gasteiger partial charge in [-0.2, -0.15) is 0 Å². The van der Waals surface area contributed by atoms with Crippen LogP contribution in [0.3, 0.4) is 0 Å². The highest BCUT2D eigenvalue weighted by atomic mass is 127. The maximum absolute atomic E-state index is 6.24. The fraction of sp³-hybridized carbons (Fsp3) is 0.300. The van der Waals surface area contributed by atoms with Crippen LogP contribution in [0.2, 0.25) is 0 Å². The summed E-state index contributed by atoms with van der Waals surface area (Å²) in [6.07, 6.45) is 9.11. The maximum Gasteiger partial charge on any atom is 0.225 e. The first-order valence-corrected chi connectivity index (χ1v) is 9.38. The van der Waals surface area contributed by atoms with Gasteiger partial charge in [0.2, 0.25) is 5.95 Å². The van der Waals surface area contributed by atoms with Crippen molar-refractivity contribution in [3.8, 4) is 0 Å². The van der Waals surface area contributed by atoms with E-state index in [-0.39, 0.29) is 24.0 Å². The molecule has 0 amide bonds. The number of piperazine rings is 1. The van der Waals surface area contributed by atoms with Crippen molar-refractivity contribution in [1.29, 1.82) is 0 Å². The molecular formula is C20H25IN8. The van der Waals surface area contributed by atoms with Crippen molar-refractivity contribution >= 4 is 35.9 Å². The average Bonchev–Trinajstić information content (AvgIpc) is 3.26. The molecule has 29 heavy (non-hydrogen) atoms. The normalized spacial score (nSPS) is 14.6. The Labute approximate surface area is 187 Å². The molecule has 0 radical (unpaired) electrons. The zero-order valence-electron chi connectivity index (χ0n) is 16.1. The van der Waals surface area contributed by atoms with Crippen LogP contribution >= 0.6 is 24.0 Å². The number of nitrogens with two attached hydrogens (primary N) is 1.